The summed E-state index contributed by atoms with van der Waals surface area (Å²) in [4.78, 5) is 4.37. The van der Waals surface area contributed by atoms with Gasteiger partial charge in [-0.3, -0.25) is 4.99 Å². The smallest absolute Gasteiger partial charge is 0.744 e. The van der Waals surface area contributed by atoms with E-state index in [2.05, 4.69) is 18.8 Å². The molecule has 0 saturated carbocycles. The number of fused-ring (bicyclic) bond motifs is 3. The van der Waals surface area contributed by atoms with Gasteiger partial charge in [-0.25, -0.2) is 8.42 Å². The molecule has 0 aromatic heterocycles. The van der Waals surface area contributed by atoms with Crippen LogP contribution in [0.5, 0.6) is 0 Å². The van der Waals surface area contributed by atoms with Crippen molar-refractivity contribution in [2.45, 2.75) is 31.1 Å². The average Bonchev–Trinajstić information content (AvgIpc) is 2.58. The predicted molar refractivity (Wildman–Crippen MR) is 77.7 cm³/mol. The molecule has 3 rings (SSSR count). The van der Waals surface area contributed by atoms with Crippen LogP contribution in [-0.2, 0) is 15.5 Å². The van der Waals surface area contributed by atoms with Crippen LogP contribution in [0.3, 0.4) is 0 Å². The summed E-state index contributed by atoms with van der Waals surface area (Å²) in [6, 6.07) is 8.18. The minimum Gasteiger partial charge on any atom is -0.744 e. The molecule has 6 heteroatoms. The number of hydrogen-bond acceptors (Lipinski definition) is 4. The van der Waals surface area contributed by atoms with Crippen molar-refractivity contribution in [1.29, 1.82) is 0 Å². The standard InChI is InChI=1S/C15H15NO3S.Na/c1-9-15(2,3)14-12-6-5-11(20(17,18)19)8-10(12)4-7-13(14)16-9;/h4-8H,1-3H3,(H,17,18,19);/q;+1/p-1. The molecule has 0 fully saturated rings. The molecule has 104 valence electrons. The Bertz CT molecular complexity index is 870. The van der Waals surface area contributed by atoms with Crippen molar-refractivity contribution in [1.82, 2.24) is 0 Å². The monoisotopic (exact) mass is 311 g/mol. The van der Waals surface area contributed by atoms with Crippen molar-refractivity contribution in [3.8, 4) is 0 Å². The molecule has 1 aliphatic heterocycles. The molecule has 4 nitrogen and oxygen atoms in total. The van der Waals surface area contributed by atoms with E-state index in [1.165, 1.54) is 12.1 Å². The minimum absolute atomic E-state index is 0. The van der Waals surface area contributed by atoms with Gasteiger partial charge < -0.3 is 4.55 Å². The molecule has 0 radical (unpaired) electrons. The normalized spacial score (nSPS) is 16.3. The molecule has 2 aromatic carbocycles. The maximum atomic E-state index is 11.1. The fourth-order valence-corrected chi connectivity index (χ4v) is 3.21. The molecule has 0 atom stereocenters. The zero-order valence-electron chi connectivity index (χ0n) is 12.5. The van der Waals surface area contributed by atoms with Crippen LogP contribution in [0.25, 0.3) is 10.8 Å². The van der Waals surface area contributed by atoms with Gasteiger partial charge in [0.05, 0.1) is 10.6 Å². The molecule has 1 heterocycles. The van der Waals surface area contributed by atoms with Crippen LogP contribution in [0.2, 0.25) is 0 Å². The van der Waals surface area contributed by atoms with Crippen LogP contribution in [0.15, 0.2) is 40.2 Å². The Hall–Kier alpha value is -0.720. The fraction of sp³-hybridized carbons (Fsp3) is 0.267. The summed E-state index contributed by atoms with van der Waals surface area (Å²) in [5.74, 6) is 0. The Balaban J connectivity index is 0.00000161. The molecule has 0 saturated heterocycles. The van der Waals surface area contributed by atoms with E-state index in [0.717, 1.165) is 27.7 Å². The minimum atomic E-state index is -4.43. The van der Waals surface area contributed by atoms with E-state index in [-0.39, 0.29) is 39.9 Å². The maximum absolute atomic E-state index is 11.1. The molecule has 1 aliphatic rings. The van der Waals surface area contributed by atoms with Gasteiger partial charge >= 0.3 is 29.6 Å². The molecule has 0 N–H and O–H groups in total. The predicted octanol–water partition coefficient (Wildman–Crippen LogP) is 0.132. The van der Waals surface area contributed by atoms with Gasteiger partial charge in [-0.15, -0.1) is 0 Å². The Morgan fingerprint density at radius 2 is 1.81 bits per heavy atom. The summed E-state index contributed by atoms with van der Waals surface area (Å²) in [5.41, 5.74) is 2.84. The maximum Gasteiger partial charge on any atom is 1.00 e. The summed E-state index contributed by atoms with van der Waals surface area (Å²) in [6.45, 7) is 6.17. The van der Waals surface area contributed by atoms with Gasteiger partial charge in [-0.1, -0.05) is 26.0 Å². The first-order valence-corrected chi connectivity index (χ1v) is 7.71. The van der Waals surface area contributed by atoms with Gasteiger partial charge in [0.2, 0.25) is 0 Å². The van der Waals surface area contributed by atoms with Gasteiger partial charge in [0.1, 0.15) is 10.1 Å². The second-order valence-corrected chi connectivity index (χ2v) is 7.00. The van der Waals surface area contributed by atoms with Gasteiger partial charge in [0.15, 0.2) is 0 Å². The van der Waals surface area contributed by atoms with E-state index in [0.29, 0.717) is 0 Å². The van der Waals surface area contributed by atoms with Crippen LogP contribution in [0.1, 0.15) is 26.3 Å². The largest absolute Gasteiger partial charge is 1.00 e. The van der Waals surface area contributed by atoms with Crippen molar-refractivity contribution in [3.63, 3.8) is 0 Å². The SMILES string of the molecule is CC1=Nc2ccc3cc(S(=O)(=O)[O-])ccc3c2C1(C)C.[Na+]. The summed E-state index contributed by atoms with van der Waals surface area (Å²) in [5, 5.41) is 1.69. The topological polar surface area (TPSA) is 69.6 Å². The molecule has 0 unspecified atom stereocenters. The van der Waals surface area contributed by atoms with Crippen LogP contribution >= 0.6 is 0 Å². The van der Waals surface area contributed by atoms with Gasteiger partial charge in [0.25, 0.3) is 0 Å². The van der Waals surface area contributed by atoms with Crippen LogP contribution in [-0.4, -0.2) is 18.7 Å². The second kappa shape index (κ2) is 5.18. The van der Waals surface area contributed by atoms with E-state index in [9.17, 15) is 13.0 Å². The second-order valence-electron chi connectivity index (χ2n) is 5.62. The molecular formula is C15H14NNaO3S. The van der Waals surface area contributed by atoms with Crippen molar-refractivity contribution in [2.24, 2.45) is 4.99 Å². The first-order chi connectivity index (χ1) is 9.21. The fourth-order valence-electron chi connectivity index (χ4n) is 2.70. The van der Waals surface area contributed by atoms with Crippen LogP contribution in [0.4, 0.5) is 5.69 Å². The molecule has 0 amide bonds. The van der Waals surface area contributed by atoms with Crippen LogP contribution in [0, 0.1) is 0 Å². The zero-order valence-corrected chi connectivity index (χ0v) is 15.3. The zero-order chi connectivity index (χ0) is 14.7. The van der Waals surface area contributed by atoms with E-state index in [1.807, 2.05) is 13.0 Å². The third kappa shape index (κ3) is 2.58. The Morgan fingerprint density at radius 1 is 1.14 bits per heavy atom. The van der Waals surface area contributed by atoms with Crippen molar-refractivity contribution >= 4 is 32.3 Å². The van der Waals surface area contributed by atoms with Crippen molar-refractivity contribution < 1.29 is 42.5 Å². The summed E-state index contributed by atoms with van der Waals surface area (Å²) in [6.07, 6.45) is 0. The molecule has 21 heavy (non-hydrogen) atoms. The number of aliphatic imine (C=N–C) groups is 1. The Kier molecular flexibility index (Phi) is 4.10. The summed E-state index contributed by atoms with van der Waals surface area (Å²) in [7, 11) is -4.43. The first-order valence-electron chi connectivity index (χ1n) is 6.30. The van der Waals surface area contributed by atoms with Crippen molar-refractivity contribution in [2.75, 3.05) is 0 Å². The first kappa shape index (κ1) is 16.6. The van der Waals surface area contributed by atoms with Crippen LogP contribution < -0.4 is 29.6 Å². The van der Waals surface area contributed by atoms with E-state index >= 15 is 0 Å². The molecule has 0 spiro atoms. The van der Waals surface area contributed by atoms with Gasteiger partial charge in [0, 0.05) is 11.1 Å². The number of hydrogen-bond donors (Lipinski definition) is 0. The van der Waals surface area contributed by atoms with E-state index in [4.69, 9.17) is 0 Å². The van der Waals surface area contributed by atoms with E-state index < -0.39 is 10.1 Å². The molecule has 0 aliphatic carbocycles. The Morgan fingerprint density at radius 3 is 2.43 bits per heavy atom. The molecule has 0 bridgehead atoms. The number of rotatable bonds is 1. The van der Waals surface area contributed by atoms with Crippen molar-refractivity contribution in [3.05, 3.63) is 35.9 Å². The average molecular weight is 311 g/mol. The third-order valence-corrected chi connectivity index (χ3v) is 4.91. The number of nitrogens with zero attached hydrogens (tertiary/aromatic N) is 1. The third-order valence-electron chi connectivity index (χ3n) is 4.08. The quantitative estimate of drug-likeness (QED) is 0.555. The van der Waals surface area contributed by atoms with E-state index in [1.54, 1.807) is 12.1 Å². The van der Waals surface area contributed by atoms with Gasteiger partial charge in [-0.2, -0.15) is 0 Å². The Labute approximate surface area is 146 Å². The molecule has 2 aromatic rings. The van der Waals surface area contributed by atoms with Gasteiger partial charge in [-0.05, 0) is 41.5 Å². The summed E-state index contributed by atoms with van der Waals surface area (Å²) < 4.78 is 33.3. The summed E-state index contributed by atoms with van der Waals surface area (Å²) >= 11 is 0. The number of benzene rings is 2. The molecular weight excluding hydrogens is 297 g/mol.